The summed E-state index contributed by atoms with van der Waals surface area (Å²) in [6.07, 6.45) is 0. The van der Waals surface area contributed by atoms with E-state index in [-0.39, 0.29) is 12.0 Å². The molecule has 1 heterocycles. The van der Waals surface area contributed by atoms with E-state index in [0.717, 1.165) is 11.1 Å². The minimum absolute atomic E-state index is 0.0186. The zero-order valence-corrected chi connectivity index (χ0v) is 13.3. The number of hydrogen-bond acceptors (Lipinski definition) is 2. The van der Waals surface area contributed by atoms with Crippen LogP contribution in [0.1, 0.15) is 17.2 Å². The Morgan fingerprint density at radius 1 is 0.955 bits per heavy atom. The van der Waals surface area contributed by atoms with E-state index in [2.05, 4.69) is 4.90 Å². The largest absolute Gasteiger partial charge is 0.481 e. The molecular weight excluding hydrogens is 321 g/mol. The summed E-state index contributed by atoms with van der Waals surface area (Å²) in [5.41, 5.74) is 2.19. The molecule has 22 heavy (non-hydrogen) atoms. The predicted molar refractivity (Wildman–Crippen MR) is 87.4 cm³/mol. The predicted octanol–water partition coefficient (Wildman–Crippen LogP) is 4.10. The minimum atomic E-state index is -0.734. The van der Waals surface area contributed by atoms with E-state index in [1.54, 1.807) is 0 Å². The van der Waals surface area contributed by atoms with Crippen LogP contribution in [0.3, 0.4) is 0 Å². The highest BCUT2D eigenvalue weighted by molar-refractivity contribution is 6.30. The van der Waals surface area contributed by atoms with Crippen LogP contribution in [0, 0.1) is 5.92 Å². The Balaban J connectivity index is 1.91. The van der Waals surface area contributed by atoms with Crippen LogP contribution in [-0.2, 0) is 4.79 Å². The number of likely N-dealkylation sites (tertiary alicyclic amines) is 1. The maximum atomic E-state index is 11.1. The molecular formula is C17H15Cl2NO2. The second-order valence-corrected chi connectivity index (χ2v) is 6.37. The normalized spacial score (nSPS) is 15.8. The van der Waals surface area contributed by atoms with E-state index >= 15 is 0 Å². The van der Waals surface area contributed by atoms with Gasteiger partial charge in [-0.05, 0) is 35.4 Å². The fraction of sp³-hybridized carbons (Fsp3) is 0.235. The molecule has 3 rings (SSSR count). The quantitative estimate of drug-likeness (QED) is 0.914. The lowest BCUT2D eigenvalue weighted by molar-refractivity contribution is -0.148. The molecule has 1 N–H and O–H groups in total. The Morgan fingerprint density at radius 2 is 1.36 bits per heavy atom. The third kappa shape index (κ3) is 3.12. The molecule has 1 aliphatic heterocycles. The van der Waals surface area contributed by atoms with Crippen LogP contribution in [0.2, 0.25) is 10.0 Å². The van der Waals surface area contributed by atoms with Gasteiger partial charge in [-0.1, -0.05) is 47.5 Å². The summed E-state index contributed by atoms with van der Waals surface area (Å²) in [5.74, 6) is -1.02. The fourth-order valence-electron chi connectivity index (χ4n) is 2.78. The first-order chi connectivity index (χ1) is 10.5. The molecule has 114 valence electrons. The second kappa shape index (κ2) is 6.29. The number of nitrogens with zero attached hydrogens (tertiary/aromatic N) is 1. The van der Waals surface area contributed by atoms with Gasteiger partial charge in [-0.2, -0.15) is 0 Å². The number of hydrogen-bond donors (Lipinski definition) is 1. The molecule has 0 amide bonds. The second-order valence-electron chi connectivity index (χ2n) is 5.49. The van der Waals surface area contributed by atoms with Gasteiger partial charge in [-0.3, -0.25) is 9.69 Å². The zero-order valence-electron chi connectivity index (χ0n) is 11.7. The highest BCUT2D eigenvalue weighted by Crippen LogP contribution is 2.35. The van der Waals surface area contributed by atoms with Gasteiger partial charge < -0.3 is 5.11 Å². The Hall–Kier alpha value is -1.55. The fourth-order valence-corrected chi connectivity index (χ4v) is 3.04. The lowest BCUT2D eigenvalue weighted by Gasteiger charge is -2.43. The molecule has 3 nitrogen and oxygen atoms in total. The van der Waals surface area contributed by atoms with Gasteiger partial charge in [-0.25, -0.2) is 0 Å². The van der Waals surface area contributed by atoms with Gasteiger partial charge >= 0.3 is 5.97 Å². The van der Waals surface area contributed by atoms with Crippen molar-refractivity contribution in [3.63, 3.8) is 0 Å². The van der Waals surface area contributed by atoms with Gasteiger partial charge in [0, 0.05) is 23.1 Å². The van der Waals surface area contributed by atoms with Crippen LogP contribution < -0.4 is 0 Å². The Morgan fingerprint density at radius 3 is 1.73 bits per heavy atom. The first-order valence-corrected chi connectivity index (χ1v) is 7.78. The van der Waals surface area contributed by atoms with E-state index in [4.69, 9.17) is 28.3 Å². The van der Waals surface area contributed by atoms with Crippen molar-refractivity contribution >= 4 is 29.2 Å². The van der Waals surface area contributed by atoms with Crippen molar-refractivity contribution in [2.24, 2.45) is 5.92 Å². The molecule has 0 aliphatic carbocycles. The topological polar surface area (TPSA) is 40.5 Å². The number of carboxylic acid groups (broad SMARTS) is 1. The number of rotatable bonds is 4. The summed E-state index contributed by atoms with van der Waals surface area (Å²) >= 11 is 11.9. The maximum Gasteiger partial charge on any atom is 0.309 e. The summed E-state index contributed by atoms with van der Waals surface area (Å²) in [6, 6.07) is 15.4. The summed E-state index contributed by atoms with van der Waals surface area (Å²) in [7, 11) is 0. The molecule has 0 aromatic heterocycles. The summed E-state index contributed by atoms with van der Waals surface area (Å²) in [6.45, 7) is 1.09. The van der Waals surface area contributed by atoms with Gasteiger partial charge in [0.15, 0.2) is 0 Å². The SMILES string of the molecule is O=C(O)C1CN(C(c2ccc(Cl)cc2)c2ccc(Cl)cc2)C1. The van der Waals surface area contributed by atoms with Gasteiger partial charge in [0.1, 0.15) is 0 Å². The monoisotopic (exact) mass is 335 g/mol. The number of benzene rings is 2. The van der Waals surface area contributed by atoms with E-state index in [1.165, 1.54) is 0 Å². The first kappa shape index (κ1) is 15.3. The average Bonchev–Trinajstić information content (AvgIpc) is 2.44. The molecule has 1 aliphatic rings. The Kier molecular flexibility index (Phi) is 4.39. The van der Waals surface area contributed by atoms with E-state index in [1.807, 2.05) is 48.5 Å². The van der Waals surface area contributed by atoms with Crippen LogP contribution >= 0.6 is 23.2 Å². The van der Waals surface area contributed by atoms with Gasteiger partial charge in [0.2, 0.25) is 0 Å². The van der Waals surface area contributed by atoms with Crippen LogP contribution in [0.5, 0.6) is 0 Å². The summed E-state index contributed by atoms with van der Waals surface area (Å²) in [4.78, 5) is 13.2. The van der Waals surface area contributed by atoms with E-state index in [9.17, 15) is 4.79 Å². The Bertz CT molecular complexity index is 619. The smallest absolute Gasteiger partial charge is 0.309 e. The number of halogens is 2. The van der Waals surface area contributed by atoms with Crippen molar-refractivity contribution in [3.05, 3.63) is 69.7 Å². The molecule has 0 atom stereocenters. The van der Waals surface area contributed by atoms with Crippen molar-refractivity contribution in [2.75, 3.05) is 13.1 Å². The molecule has 0 unspecified atom stereocenters. The molecule has 0 spiro atoms. The average molecular weight is 336 g/mol. The highest BCUT2D eigenvalue weighted by Gasteiger charge is 2.37. The van der Waals surface area contributed by atoms with Crippen molar-refractivity contribution in [2.45, 2.75) is 6.04 Å². The molecule has 0 bridgehead atoms. The van der Waals surface area contributed by atoms with E-state index in [0.29, 0.717) is 23.1 Å². The minimum Gasteiger partial charge on any atom is -0.481 e. The Labute approximate surface area is 139 Å². The van der Waals surface area contributed by atoms with Gasteiger partial charge in [0.25, 0.3) is 0 Å². The number of carboxylic acids is 1. The molecule has 0 radical (unpaired) electrons. The number of carbonyl (C=O) groups is 1. The van der Waals surface area contributed by atoms with Gasteiger partial charge in [0.05, 0.1) is 12.0 Å². The third-order valence-electron chi connectivity index (χ3n) is 4.00. The summed E-state index contributed by atoms with van der Waals surface area (Å²) < 4.78 is 0. The molecule has 1 fully saturated rings. The zero-order chi connectivity index (χ0) is 15.7. The van der Waals surface area contributed by atoms with Crippen LogP contribution in [0.4, 0.5) is 0 Å². The molecule has 5 heteroatoms. The van der Waals surface area contributed by atoms with Crippen molar-refractivity contribution in [1.82, 2.24) is 4.90 Å². The van der Waals surface area contributed by atoms with Crippen LogP contribution in [0.25, 0.3) is 0 Å². The molecule has 2 aromatic rings. The van der Waals surface area contributed by atoms with E-state index < -0.39 is 5.97 Å². The van der Waals surface area contributed by atoms with Crippen molar-refractivity contribution in [3.8, 4) is 0 Å². The molecule has 0 saturated carbocycles. The first-order valence-electron chi connectivity index (χ1n) is 7.02. The van der Waals surface area contributed by atoms with Crippen molar-refractivity contribution < 1.29 is 9.90 Å². The standard InChI is InChI=1S/C17H15Cl2NO2/c18-14-5-1-11(2-6-14)16(12-3-7-15(19)8-4-12)20-9-13(10-20)17(21)22/h1-8,13,16H,9-10H2,(H,21,22). The van der Waals surface area contributed by atoms with Crippen LogP contribution in [0.15, 0.2) is 48.5 Å². The van der Waals surface area contributed by atoms with Crippen molar-refractivity contribution in [1.29, 1.82) is 0 Å². The lowest BCUT2D eigenvalue weighted by atomic mass is 9.90. The highest BCUT2D eigenvalue weighted by atomic mass is 35.5. The molecule has 1 saturated heterocycles. The number of aliphatic carboxylic acids is 1. The summed E-state index contributed by atoms with van der Waals surface area (Å²) in [5, 5.41) is 10.5. The molecule has 2 aromatic carbocycles. The third-order valence-corrected chi connectivity index (χ3v) is 4.50. The maximum absolute atomic E-state index is 11.1. The lowest BCUT2D eigenvalue weighted by Crippen LogP contribution is -2.51. The van der Waals surface area contributed by atoms with Crippen LogP contribution in [-0.4, -0.2) is 29.1 Å². The van der Waals surface area contributed by atoms with Gasteiger partial charge in [-0.15, -0.1) is 0 Å².